The molecule has 2 fully saturated rings. The van der Waals surface area contributed by atoms with Crippen molar-refractivity contribution in [3.8, 4) is 5.75 Å². The number of nitrogens with one attached hydrogen (secondary N) is 2. The predicted octanol–water partition coefficient (Wildman–Crippen LogP) is 4.78. The van der Waals surface area contributed by atoms with E-state index in [1.54, 1.807) is 18.2 Å². The average Bonchev–Trinajstić information content (AvgIpc) is 3.19. The first-order valence-electron chi connectivity index (χ1n) is 10.6. The first-order chi connectivity index (χ1) is 15.0. The molecule has 2 aliphatic rings. The zero-order valence-electron chi connectivity index (χ0n) is 17.2. The Morgan fingerprint density at radius 2 is 1.84 bits per heavy atom. The molecule has 2 aliphatic heterocycles. The smallest absolute Gasteiger partial charge is 0.251 e. The SMILES string of the molecule is O=C(N[C@H]1CCN(Cc2ccc(OC3CCNCC3)c(Cl)c2)C1)c1ccc(Cl)c(Cl)c1. The second-order valence-electron chi connectivity index (χ2n) is 8.16. The van der Waals surface area contributed by atoms with Crippen LogP contribution in [0.3, 0.4) is 0 Å². The maximum Gasteiger partial charge on any atom is 0.251 e. The van der Waals surface area contributed by atoms with Crippen molar-refractivity contribution in [2.45, 2.75) is 38.0 Å². The third-order valence-electron chi connectivity index (χ3n) is 5.77. The zero-order valence-corrected chi connectivity index (χ0v) is 19.4. The molecular weight excluding hydrogens is 457 g/mol. The van der Waals surface area contributed by atoms with Gasteiger partial charge in [-0.25, -0.2) is 0 Å². The van der Waals surface area contributed by atoms with E-state index in [0.29, 0.717) is 20.6 Å². The van der Waals surface area contributed by atoms with Crippen molar-refractivity contribution < 1.29 is 9.53 Å². The van der Waals surface area contributed by atoms with Gasteiger partial charge >= 0.3 is 0 Å². The highest BCUT2D eigenvalue weighted by Crippen LogP contribution is 2.29. The van der Waals surface area contributed by atoms with Crippen molar-refractivity contribution in [3.05, 3.63) is 62.6 Å². The molecule has 2 aromatic rings. The van der Waals surface area contributed by atoms with Crippen LogP contribution in [0.4, 0.5) is 0 Å². The van der Waals surface area contributed by atoms with Crippen molar-refractivity contribution in [2.24, 2.45) is 0 Å². The predicted molar refractivity (Wildman–Crippen MR) is 126 cm³/mol. The highest BCUT2D eigenvalue weighted by molar-refractivity contribution is 6.42. The van der Waals surface area contributed by atoms with Gasteiger partial charge < -0.3 is 15.4 Å². The van der Waals surface area contributed by atoms with Crippen LogP contribution in [0.15, 0.2) is 36.4 Å². The number of rotatable bonds is 6. The maximum absolute atomic E-state index is 12.5. The molecule has 0 unspecified atom stereocenters. The second-order valence-corrected chi connectivity index (χ2v) is 9.38. The Hall–Kier alpha value is -1.50. The number of halogens is 3. The number of amides is 1. The molecule has 0 aliphatic carbocycles. The normalized spacial score (nSPS) is 20.0. The molecule has 0 spiro atoms. The van der Waals surface area contributed by atoms with Gasteiger partial charge in [0.05, 0.1) is 15.1 Å². The molecule has 0 saturated carbocycles. The fraction of sp³-hybridized carbons (Fsp3) is 0.435. The molecule has 2 N–H and O–H groups in total. The van der Waals surface area contributed by atoms with E-state index in [2.05, 4.69) is 21.6 Å². The van der Waals surface area contributed by atoms with Crippen LogP contribution in [0.2, 0.25) is 15.1 Å². The third-order valence-corrected chi connectivity index (χ3v) is 6.81. The molecule has 1 atom stereocenters. The van der Waals surface area contributed by atoms with E-state index >= 15 is 0 Å². The first-order valence-corrected chi connectivity index (χ1v) is 11.8. The summed E-state index contributed by atoms with van der Waals surface area (Å²) in [7, 11) is 0. The maximum atomic E-state index is 12.5. The molecule has 166 valence electrons. The van der Waals surface area contributed by atoms with E-state index < -0.39 is 0 Å². The van der Waals surface area contributed by atoms with Gasteiger partial charge in [-0.15, -0.1) is 0 Å². The number of carbonyl (C=O) groups is 1. The number of hydrogen-bond donors (Lipinski definition) is 2. The third kappa shape index (κ3) is 6.05. The van der Waals surface area contributed by atoms with E-state index in [1.165, 1.54) is 0 Å². The van der Waals surface area contributed by atoms with Gasteiger partial charge in [-0.3, -0.25) is 9.69 Å². The van der Waals surface area contributed by atoms with Gasteiger partial charge in [0, 0.05) is 31.2 Å². The van der Waals surface area contributed by atoms with Crippen LogP contribution in [0, 0.1) is 0 Å². The fourth-order valence-electron chi connectivity index (χ4n) is 4.09. The Kier molecular flexibility index (Phi) is 7.62. The molecular formula is C23H26Cl3N3O2. The molecule has 0 bridgehead atoms. The van der Waals surface area contributed by atoms with Crippen LogP contribution in [0.5, 0.6) is 5.75 Å². The Morgan fingerprint density at radius 1 is 1.03 bits per heavy atom. The molecule has 0 radical (unpaired) electrons. The van der Waals surface area contributed by atoms with Gasteiger partial charge in [0.15, 0.2) is 0 Å². The summed E-state index contributed by atoms with van der Waals surface area (Å²) >= 11 is 18.4. The van der Waals surface area contributed by atoms with E-state index in [9.17, 15) is 4.79 Å². The van der Waals surface area contributed by atoms with Crippen LogP contribution in [0.25, 0.3) is 0 Å². The largest absolute Gasteiger partial charge is 0.489 e. The molecule has 8 heteroatoms. The van der Waals surface area contributed by atoms with Crippen molar-refractivity contribution in [2.75, 3.05) is 26.2 Å². The van der Waals surface area contributed by atoms with Gasteiger partial charge in [0.1, 0.15) is 11.9 Å². The van der Waals surface area contributed by atoms with Gasteiger partial charge in [0.25, 0.3) is 5.91 Å². The van der Waals surface area contributed by atoms with E-state index in [-0.39, 0.29) is 18.1 Å². The lowest BCUT2D eigenvalue weighted by Crippen LogP contribution is -2.37. The summed E-state index contributed by atoms with van der Waals surface area (Å²) in [5.41, 5.74) is 1.66. The van der Waals surface area contributed by atoms with Gasteiger partial charge in [0.2, 0.25) is 0 Å². The summed E-state index contributed by atoms with van der Waals surface area (Å²) < 4.78 is 6.08. The lowest BCUT2D eigenvalue weighted by atomic mass is 10.1. The van der Waals surface area contributed by atoms with Crippen molar-refractivity contribution in [1.29, 1.82) is 0 Å². The van der Waals surface area contributed by atoms with Crippen molar-refractivity contribution in [1.82, 2.24) is 15.5 Å². The number of benzene rings is 2. The number of carbonyl (C=O) groups excluding carboxylic acids is 1. The summed E-state index contributed by atoms with van der Waals surface area (Å²) in [4.78, 5) is 14.8. The molecule has 4 rings (SSSR count). The monoisotopic (exact) mass is 481 g/mol. The van der Waals surface area contributed by atoms with E-state index in [4.69, 9.17) is 39.5 Å². The number of ether oxygens (including phenoxy) is 1. The van der Waals surface area contributed by atoms with E-state index in [0.717, 1.165) is 63.3 Å². The number of hydrogen-bond acceptors (Lipinski definition) is 4. The van der Waals surface area contributed by atoms with Gasteiger partial charge in [-0.2, -0.15) is 0 Å². The summed E-state index contributed by atoms with van der Waals surface area (Å²) in [6.07, 6.45) is 3.13. The van der Waals surface area contributed by atoms with Crippen molar-refractivity contribution >= 4 is 40.7 Å². The minimum atomic E-state index is -0.132. The molecule has 2 saturated heterocycles. The van der Waals surface area contributed by atoms with Crippen LogP contribution >= 0.6 is 34.8 Å². The summed E-state index contributed by atoms with van der Waals surface area (Å²) in [5.74, 6) is 0.623. The molecule has 2 aromatic carbocycles. The topological polar surface area (TPSA) is 53.6 Å². The summed E-state index contributed by atoms with van der Waals surface area (Å²) in [6.45, 7) is 4.46. The van der Waals surface area contributed by atoms with Gasteiger partial charge in [-0.1, -0.05) is 40.9 Å². The number of likely N-dealkylation sites (tertiary alicyclic amines) is 1. The average molecular weight is 483 g/mol. The van der Waals surface area contributed by atoms with Gasteiger partial charge in [-0.05, 0) is 68.2 Å². The highest BCUT2D eigenvalue weighted by atomic mass is 35.5. The zero-order chi connectivity index (χ0) is 21.8. The molecule has 2 heterocycles. The second kappa shape index (κ2) is 10.4. The highest BCUT2D eigenvalue weighted by Gasteiger charge is 2.25. The molecule has 5 nitrogen and oxygen atoms in total. The van der Waals surface area contributed by atoms with E-state index in [1.807, 2.05) is 12.1 Å². The van der Waals surface area contributed by atoms with Crippen LogP contribution in [0.1, 0.15) is 35.2 Å². The lowest BCUT2D eigenvalue weighted by Gasteiger charge is -2.24. The standard InChI is InChI=1S/C23H26Cl3N3O2/c24-19-3-2-16(12-20(19)25)23(30)28-17-7-10-29(14-17)13-15-1-4-22(21(26)11-15)31-18-5-8-27-9-6-18/h1-4,11-12,17-18,27H,5-10,13-14H2,(H,28,30)/t17-/m0/s1. The quantitative estimate of drug-likeness (QED) is 0.622. The van der Waals surface area contributed by atoms with Crippen molar-refractivity contribution in [3.63, 3.8) is 0 Å². The Balaban J connectivity index is 1.29. The summed E-state index contributed by atoms with van der Waals surface area (Å²) in [6, 6.07) is 11.1. The summed E-state index contributed by atoms with van der Waals surface area (Å²) in [5, 5.41) is 7.90. The Labute approximate surface area is 198 Å². The van der Waals surface area contributed by atoms with Crippen LogP contribution < -0.4 is 15.4 Å². The lowest BCUT2D eigenvalue weighted by molar-refractivity contribution is 0.0937. The molecule has 1 amide bonds. The minimum Gasteiger partial charge on any atom is -0.489 e. The minimum absolute atomic E-state index is 0.0972. The van der Waals surface area contributed by atoms with Crippen LogP contribution in [-0.4, -0.2) is 49.1 Å². The number of piperidine rings is 1. The Bertz CT molecular complexity index is 934. The van der Waals surface area contributed by atoms with Crippen LogP contribution in [-0.2, 0) is 6.54 Å². The Morgan fingerprint density at radius 3 is 2.58 bits per heavy atom. The first kappa shape index (κ1) is 22.7. The molecule has 31 heavy (non-hydrogen) atoms. The molecule has 0 aromatic heterocycles. The fourth-order valence-corrected chi connectivity index (χ4v) is 4.64. The number of nitrogens with zero attached hydrogens (tertiary/aromatic N) is 1.